The third-order valence-electron chi connectivity index (χ3n) is 4.16. The van der Waals surface area contributed by atoms with Crippen molar-refractivity contribution in [1.82, 2.24) is 9.80 Å². The van der Waals surface area contributed by atoms with Crippen molar-refractivity contribution in [1.29, 1.82) is 0 Å². The Hall–Kier alpha value is -1.14. The number of amides is 2. The van der Waals surface area contributed by atoms with E-state index in [4.69, 9.17) is 10.5 Å². The summed E-state index contributed by atoms with van der Waals surface area (Å²) in [6, 6.07) is -0.277. The molecule has 2 saturated heterocycles. The maximum absolute atomic E-state index is 12.5. The molecule has 0 saturated carbocycles. The van der Waals surface area contributed by atoms with Gasteiger partial charge in [0.05, 0.1) is 13.2 Å². The van der Waals surface area contributed by atoms with Crippen molar-refractivity contribution in [3.05, 3.63) is 0 Å². The van der Waals surface area contributed by atoms with Crippen LogP contribution >= 0.6 is 0 Å². The van der Waals surface area contributed by atoms with Gasteiger partial charge in [0.2, 0.25) is 11.8 Å². The molecule has 0 aromatic rings. The number of ether oxygens (including phenoxy) is 1. The molecule has 2 fully saturated rings. The molecule has 0 radical (unpaired) electrons. The van der Waals surface area contributed by atoms with Crippen LogP contribution in [-0.2, 0) is 14.3 Å². The van der Waals surface area contributed by atoms with E-state index in [1.165, 1.54) is 0 Å². The average molecular weight is 283 g/mol. The monoisotopic (exact) mass is 283 g/mol. The third-order valence-corrected chi connectivity index (χ3v) is 4.16. The molecular weight excluding hydrogens is 258 g/mol. The lowest BCUT2D eigenvalue weighted by molar-refractivity contribution is -0.148. The Morgan fingerprint density at radius 1 is 1.30 bits per heavy atom. The highest BCUT2D eigenvalue weighted by Gasteiger charge is 2.37. The maximum Gasteiger partial charge on any atom is 0.245 e. The van der Waals surface area contributed by atoms with Gasteiger partial charge in [-0.1, -0.05) is 6.92 Å². The Kier molecular flexibility index (Phi) is 5.37. The van der Waals surface area contributed by atoms with Crippen LogP contribution in [0.5, 0.6) is 0 Å². The second kappa shape index (κ2) is 7.04. The van der Waals surface area contributed by atoms with Crippen LogP contribution in [0.15, 0.2) is 0 Å². The van der Waals surface area contributed by atoms with Gasteiger partial charge in [0.25, 0.3) is 0 Å². The molecule has 2 heterocycles. The van der Waals surface area contributed by atoms with Gasteiger partial charge < -0.3 is 20.3 Å². The fourth-order valence-electron chi connectivity index (χ4n) is 2.94. The number of likely N-dealkylation sites (tertiary alicyclic amines) is 1. The first-order valence-electron chi connectivity index (χ1n) is 7.52. The maximum atomic E-state index is 12.5. The highest BCUT2D eigenvalue weighted by Crippen LogP contribution is 2.22. The summed E-state index contributed by atoms with van der Waals surface area (Å²) in [7, 11) is 0. The van der Waals surface area contributed by atoms with Gasteiger partial charge in [-0.25, -0.2) is 0 Å². The highest BCUT2D eigenvalue weighted by molar-refractivity contribution is 5.89. The van der Waals surface area contributed by atoms with Crippen molar-refractivity contribution < 1.29 is 14.3 Å². The van der Waals surface area contributed by atoms with Gasteiger partial charge in [0.1, 0.15) is 6.04 Å². The van der Waals surface area contributed by atoms with Crippen molar-refractivity contribution in [3.8, 4) is 0 Å². The average Bonchev–Trinajstić information content (AvgIpc) is 2.96. The number of nitrogens with zero attached hydrogens (tertiary/aromatic N) is 2. The number of carbonyl (C=O) groups excluding carboxylic acids is 2. The molecule has 2 N–H and O–H groups in total. The van der Waals surface area contributed by atoms with Crippen LogP contribution in [0.3, 0.4) is 0 Å². The van der Waals surface area contributed by atoms with Crippen molar-refractivity contribution in [2.24, 2.45) is 11.7 Å². The van der Waals surface area contributed by atoms with Crippen LogP contribution < -0.4 is 5.73 Å². The van der Waals surface area contributed by atoms with Gasteiger partial charge in [-0.2, -0.15) is 0 Å². The molecule has 0 aromatic heterocycles. The van der Waals surface area contributed by atoms with Gasteiger partial charge in [0.15, 0.2) is 0 Å². The van der Waals surface area contributed by atoms with Gasteiger partial charge in [-0.05, 0) is 25.8 Å². The van der Waals surface area contributed by atoms with Gasteiger partial charge >= 0.3 is 0 Å². The first-order chi connectivity index (χ1) is 9.65. The molecule has 6 heteroatoms. The number of hydrogen-bond donors (Lipinski definition) is 1. The minimum absolute atomic E-state index is 0.0690. The van der Waals surface area contributed by atoms with E-state index in [1.54, 1.807) is 4.90 Å². The van der Waals surface area contributed by atoms with Crippen LogP contribution in [0.2, 0.25) is 0 Å². The molecule has 2 aliphatic heterocycles. The summed E-state index contributed by atoms with van der Waals surface area (Å²) in [6.07, 6.45) is 2.35. The van der Waals surface area contributed by atoms with Crippen LogP contribution in [0, 0.1) is 5.92 Å². The molecule has 0 spiro atoms. The molecular formula is C14H25N3O3. The van der Waals surface area contributed by atoms with E-state index in [1.807, 2.05) is 11.8 Å². The lowest BCUT2D eigenvalue weighted by Gasteiger charge is -2.33. The molecule has 2 rings (SSSR count). The van der Waals surface area contributed by atoms with Gasteiger partial charge in [-0.3, -0.25) is 9.59 Å². The quantitative estimate of drug-likeness (QED) is 0.776. The van der Waals surface area contributed by atoms with E-state index in [-0.39, 0.29) is 23.8 Å². The minimum Gasteiger partial charge on any atom is -0.378 e. The minimum atomic E-state index is -0.277. The largest absolute Gasteiger partial charge is 0.378 e. The molecule has 114 valence electrons. The van der Waals surface area contributed by atoms with E-state index in [9.17, 15) is 9.59 Å². The van der Waals surface area contributed by atoms with E-state index >= 15 is 0 Å². The lowest BCUT2D eigenvalue weighted by Crippen LogP contribution is -2.51. The van der Waals surface area contributed by atoms with E-state index < -0.39 is 0 Å². The lowest BCUT2D eigenvalue weighted by atomic mass is 10.1. The zero-order valence-electron chi connectivity index (χ0n) is 12.2. The smallest absolute Gasteiger partial charge is 0.245 e. The van der Waals surface area contributed by atoms with Crippen LogP contribution in [0.25, 0.3) is 0 Å². The molecule has 2 unspecified atom stereocenters. The predicted molar refractivity (Wildman–Crippen MR) is 75.0 cm³/mol. The fourth-order valence-corrected chi connectivity index (χ4v) is 2.94. The molecule has 2 amide bonds. The summed E-state index contributed by atoms with van der Waals surface area (Å²) in [5, 5.41) is 0. The molecule has 0 aromatic carbocycles. The summed E-state index contributed by atoms with van der Waals surface area (Å²) in [4.78, 5) is 28.5. The summed E-state index contributed by atoms with van der Waals surface area (Å²) < 4.78 is 5.27. The zero-order chi connectivity index (χ0) is 14.5. The van der Waals surface area contributed by atoms with Gasteiger partial charge in [-0.15, -0.1) is 0 Å². The molecule has 0 bridgehead atoms. The van der Waals surface area contributed by atoms with Crippen molar-refractivity contribution in [2.45, 2.75) is 32.2 Å². The zero-order valence-corrected chi connectivity index (χ0v) is 12.2. The Balaban J connectivity index is 1.99. The Morgan fingerprint density at radius 2 is 2.00 bits per heavy atom. The second-order valence-corrected chi connectivity index (χ2v) is 5.61. The van der Waals surface area contributed by atoms with Crippen LogP contribution in [0.1, 0.15) is 26.2 Å². The Labute approximate surface area is 120 Å². The highest BCUT2D eigenvalue weighted by atomic mass is 16.5. The van der Waals surface area contributed by atoms with Crippen molar-refractivity contribution in [3.63, 3.8) is 0 Å². The second-order valence-electron chi connectivity index (χ2n) is 5.61. The van der Waals surface area contributed by atoms with E-state index in [2.05, 4.69) is 0 Å². The molecule has 6 nitrogen and oxygen atoms in total. The molecule has 2 aliphatic rings. The van der Waals surface area contributed by atoms with Crippen LogP contribution in [-0.4, -0.2) is 67.0 Å². The van der Waals surface area contributed by atoms with Crippen molar-refractivity contribution in [2.75, 3.05) is 39.4 Å². The topological polar surface area (TPSA) is 75.9 Å². The molecule has 20 heavy (non-hydrogen) atoms. The van der Waals surface area contributed by atoms with E-state index in [0.29, 0.717) is 45.8 Å². The number of nitrogens with two attached hydrogens (primary N) is 1. The number of hydrogen-bond acceptors (Lipinski definition) is 4. The standard InChI is InChI=1S/C14H25N3O3/c1-11(4-5-15)13(18)17-6-2-3-12(17)14(19)16-7-9-20-10-8-16/h11-12H,2-10,15H2,1H3. The predicted octanol–water partition coefficient (Wildman–Crippen LogP) is -0.179. The Morgan fingerprint density at radius 3 is 2.65 bits per heavy atom. The number of morpholine rings is 1. The Bertz CT molecular complexity index is 356. The summed E-state index contributed by atoms with van der Waals surface area (Å²) in [5.74, 6) is 0.0525. The molecule has 0 aliphatic carbocycles. The normalized spacial score (nSPS) is 24.8. The SMILES string of the molecule is CC(CCN)C(=O)N1CCCC1C(=O)N1CCOCC1. The summed E-state index contributed by atoms with van der Waals surface area (Å²) in [5.41, 5.74) is 5.52. The number of carbonyl (C=O) groups is 2. The van der Waals surface area contributed by atoms with Crippen molar-refractivity contribution >= 4 is 11.8 Å². The van der Waals surface area contributed by atoms with Gasteiger partial charge in [0, 0.05) is 25.6 Å². The summed E-state index contributed by atoms with van der Waals surface area (Å²) in [6.45, 7) is 5.54. The number of rotatable bonds is 4. The molecule has 2 atom stereocenters. The third kappa shape index (κ3) is 3.30. The van der Waals surface area contributed by atoms with E-state index in [0.717, 1.165) is 12.8 Å². The fraction of sp³-hybridized carbons (Fsp3) is 0.857. The summed E-state index contributed by atoms with van der Waals surface area (Å²) >= 11 is 0. The first-order valence-corrected chi connectivity index (χ1v) is 7.52. The van der Waals surface area contributed by atoms with Crippen LogP contribution in [0.4, 0.5) is 0 Å². The first kappa shape index (κ1) is 15.3.